The molecule has 0 radical (unpaired) electrons. The molecule has 1 atom stereocenters. The van der Waals surface area contributed by atoms with E-state index in [2.05, 4.69) is 0 Å². The minimum absolute atomic E-state index is 0.0219. The molecule has 2 aliphatic heterocycles. The molecule has 1 aromatic carbocycles. The molecular formula is C20H28FN3O2. The van der Waals surface area contributed by atoms with Crippen molar-refractivity contribution in [2.24, 2.45) is 5.92 Å². The van der Waals surface area contributed by atoms with E-state index in [0.29, 0.717) is 13.1 Å². The van der Waals surface area contributed by atoms with Crippen LogP contribution in [0.1, 0.15) is 37.3 Å². The molecule has 26 heavy (non-hydrogen) atoms. The largest absolute Gasteiger partial charge is 0.342 e. The molecule has 1 unspecified atom stereocenters. The van der Waals surface area contributed by atoms with E-state index in [4.69, 9.17) is 0 Å². The third-order valence-electron chi connectivity index (χ3n) is 5.51. The number of likely N-dealkylation sites (tertiary alicyclic amines) is 2. The molecule has 2 saturated heterocycles. The van der Waals surface area contributed by atoms with Gasteiger partial charge in [-0.25, -0.2) is 4.39 Å². The van der Waals surface area contributed by atoms with Gasteiger partial charge in [0, 0.05) is 32.1 Å². The van der Waals surface area contributed by atoms with Gasteiger partial charge in [-0.1, -0.05) is 12.1 Å². The Hall–Kier alpha value is -1.95. The Morgan fingerprint density at radius 2 is 1.58 bits per heavy atom. The first-order valence-corrected chi connectivity index (χ1v) is 9.47. The van der Waals surface area contributed by atoms with Crippen molar-refractivity contribution in [3.63, 3.8) is 0 Å². The number of likely N-dealkylation sites (N-methyl/N-ethyl adjacent to an activating group) is 1. The molecular weight excluding hydrogens is 333 g/mol. The number of hydrogen-bond donors (Lipinski definition) is 0. The van der Waals surface area contributed by atoms with Crippen molar-refractivity contribution in [1.29, 1.82) is 0 Å². The molecule has 0 spiro atoms. The summed E-state index contributed by atoms with van der Waals surface area (Å²) in [5.74, 6) is 0.0201. The number of carbonyl (C=O) groups excluding carboxylic acids is 2. The molecule has 0 N–H and O–H groups in total. The Kier molecular flexibility index (Phi) is 5.91. The monoisotopic (exact) mass is 361 g/mol. The van der Waals surface area contributed by atoms with Crippen molar-refractivity contribution in [1.82, 2.24) is 14.7 Å². The number of rotatable bonds is 4. The molecule has 1 aromatic rings. The van der Waals surface area contributed by atoms with Crippen LogP contribution in [0.25, 0.3) is 0 Å². The molecule has 0 bridgehead atoms. The third kappa shape index (κ3) is 4.06. The highest BCUT2D eigenvalue weighted by atomic mass is 19.1. The van der Waals surface area contributed by atoms with Crippen molar-refractivity contribution < 1.29 is 14.0 Å². The maximum Gasteiger partial charge on any atom is 0.244 e. The van der Waals surface area contributed by atoms with Crippen LogP contribution in [0.3, 0.4) is 0 Å². The fraction of sp³-hybridized carbons (Fsp3) is 0.600. The van der Waals surface area contributed by atoms with Gasteiger partial charge in [-0.15, -0.1) is 0 Å². The third-order valence-corrected chi connectivity index (χ3v) is 5.51. The van der Waals surface area contributed by atoms with Crippen molar-refractivity contribution >= 4 is 11.8 Å². The first kappa shape index (κ1) is 18.8. The van der Waals surface area contributed by atoms with Crippen molar-refractivity contribution in [2.45, 2.75) is 31.7 Å². The van der Waals surface area contributed by atoms with Crippen molar-refractivity contribution in [3.8, 4) is 0 Å². The summed E-state index contributed by atoms with van der Waals surface area (Å²) in [6, 6.07) is 5.69. The van der Waals surface area contributed by atoms with Crippen LogP contribution in [-0.4, -0.2) is 66.8 Å². The molecule has 2 aliphatic rings. The van der Waals surface area contributed by atoms with Crippen LogP contribution in [0.2, 0.25) is 0 Å². The Morgan fingerprint density at radius 1 is 1.00 bits per heavy atom. The molecule has 2 fully saturated rings. The van der Waals surface area contributed by atoms with Crippen LogP contribution < -0.4 is 0 Å². The van der Waals surface area contributed by atoms with E-state index in [9.17, 15) is 14.0 Å². The zero-order valence-corrected chi connectivity index (χ0v) is 15.7. The number of carbonyl (C=O) groups is 2. The first-order chi connectivity index (χ1) is 12.5. The van der Waals surface area contributed by atoms with Crippen molar-refractivity contribution in [2.75, 3.05) is 40.3 Å². The highest BCUT2D eigenvalue weighted by Gasteiger charge is 2.34. The van der Waals surface area contributed by atoms with E-state index < -0.39 is 6.04 Å². The number of benzene rings is 1. The standard InChI is InChI=1S/C20H28FN3O2/c1-22(2)18(15-5-7-17(21)8-6-15)20(26)24-13-9-16(10-14-24)19(25)23-11-3-4-12-23/h5-8,16,18H,3-4,9-14H2,1-2H3. The molecule has 0 aliphatic carbocycles. The van der Waals surface area contributed by atoms with Gasteiger partial charge in [0.2, 0.25) is 11.8 Å². The van der Waals surface area contributed by atoms with Crippen LogP contribution in [0, 0.1) is 11.7 Å². The topological polar surface area (TPSA) is 43.9 Å². The second kappa shape index (κ2) is 8.16. The highest BCUT2D eigenvalue weighted by Crippen LogP contribution is 2.26. The average molecular weight is 361 g/mol. The second-order valence-electron chi connectivity index (χ2n) is 7.55. The summed E-state index contributed by atoms with van der Waals surface area (Å²) >= 11 is 0. The number of amides is 2. The van der Waals surface area contributed by atoms with Gasteiger partial charge in [-0.2, -0.15) is 0 Å². The number of hydrogen-bond acceptors (Lipinski definition) is 3. The predicted octanol–water partition coefficient (Wildman–Crippen LogP) is 2.29. The zero-order chi connectivity index (χ0) is 18.7. The normalized spacial score (nSPS) is 19.8. The van der Waals surface area contributed by atoms with Gasteiger partial charge in [0.15, 0.2) is 0 Å². The predicted molar refractivity (Wildman–Crippen MR) is 97.9 cm³/mol. The lowest BCUT2D eigenvalue weighted by Gasteiger charge is -2.36. The molecule has 142 valence electrons. The first-order valence-electron chi connectivity index (χ1n) is 9.47. The number of halogens is 1. The lowest BCUT2D eigenvalue weighted by Crippen LogP contribution is -2.47. The number of piperidine rings is 1. The zero-order valence-electron chi connectivity index (χ0n) is 15.7. The maximum atomic E-state index is 13.2. The summed E-state index contributed by atoms with van der Waals surface area (Å²) in [5, 5.41) is 0. The Balaban J connectivity index is 1.62. The molecule has 5 nitrogen and oxygen atoms in total. The summed E-state index contributed by atoms with van der Waals surface area (Å²) in [5.41, 5.74) is 0.789. The summed E-state index contributed by atoms with van der Waals surface area (Å²) in [4.78, 5) is 31.3. The van der Waals surface area contributed by atoms with Gasteiger partial charge < -0.3 is 9.80 Å². The van der Waals surface area contributed by atoms with E-state index in [1.54, 1.807) is 12.1 Å². The minimum atomic E-state index is -0.429. The quantitative estimate of drug-likeness (QED) is 0.827. The smallest absolute Gasteiger partial charge is 0.244 e. The highest BCUT2D eigenvalue weighted by molar-refractivity contribution is 5.84. The van der Waals surface area contributed by atoms with E-state index in [1.165, 1.54) is 12.1 Å². The van der Waals surface area contributed by atoms with Gasteiger partial charge in [0.25, 0.3) is 0 Å². The van der Waals surface area contributed by atoms with Crippen LogP contribution in [0.5, 0.6) is 0 Å². The molecule has 2 amide bonds. The van der Waals surface area contributed by atoms with E-state index in [0.717, 1.165) is 44.3 Å². The molecule has 0 aromatic heterocycles. The Bertz CT molecular complexity index is 633. The van der Waals surface area contributed by atoms with Gasteiger partial charge in [-0.05, 0) is 57.5 Å². The van der Waals surface area contributed by atoms with Gasteiger partial charge in [0.1, 0.15) is 11.9 Å². The molecule has 0 saturated carbocycles. The van der Waals surface area contributed by atoms with Crippen LogP contribution in [-0.2, 0) is 9.59 Å². The minimum Gasteiger partial charge on any atom is -0.342 e. The summed E-state index contributed by atoms with van der Waals surface area (Å²) < 4.78 is 13.2. The summed E-state index contributed by atoms with van der Waals surface area (Å²) in [7, 11) is 3.71. The van der Waals surface area contributed by atoms with E-state index in [1.807, 2.05) is 28.8 Å². The summed E-state index contributed by atoms with van der Waals surface area (Å²) in [6.45, 7) is 2.97. The van der Waals surface area contributed by atoms with Gasteiger partial charge in [-0.3, -0.25) is 14.5 Å². The summed E-state index contributed by atoms with van der Waals surface area (Å²) in [6.07, 6.45) is 3.66. The average Bonchev–Trinajstić information content (AvgIpc) is 3.17. The van der Waals surface area contributed by atoms with Gasteiger partial charge in [0.05, 0.1) is 0 Å². The van der Waals surface area contributed by atoms with E-state index in [-0.39, 0.29) is 23.5 Å². The van der Waals surface area contributed by atoms with Crippen LogP contribution in [0.15, 0.2) is 24.3 Å². The molecule has 6 heteroatoms. The molecule has 3 rings (SSSR count). The number of nitrogens with zero attached hydrogens (tertiary/aromatic N) is 3. The van der Waals surface area contributed by atoms with E-state index >= 15 is 0 Å². The fourth-order valence-electron chi connectivity index (χ4n) is 4.02. The maximum absolute atomic E-state index is 13.2. The SMILES string of the molecule is CN(C)C(C(=O)N1CCC(C(=O)N2CCCC2)CC1)c1ccc(F)cc1. The Labute approximate surface area is 154 Å². The Morgan fingerprint density at radius 3 is 2.12 bits per heavy atom. The second-order valence-corrected chi connectivity index (χ2v) is 7.55. The van der Waals surface area contributed by atoms with Crippen LogP contribution in [0.4, 0.5) is 4.39 Å². The van der Waals surface area contributed by atoms with Crippen LogP contribution >= 0.6 is 0 Å². The lowest BCUT2D eigenvalue weighted by molar-refractivity contribution is -0.142. The van der Waals surface area contributed by atoms with Gasteiger partial charge >= 0.3 is 0 Å². The fourth-order valence-corrected chi connectivity index (χ4v) is 4.02. The molecule has 2 heterocycles. The van der Waals surface area contributed by atoms with Crippen molar-refractivity contribution in [3.05, 3.63) is 35.6 Å². The lowest BCUT2D eigenvalue weighted by atomic mass is 9.94.